The van der Waals surface area contributed by atoms with Gasteiger partial charge in [0.15, 0.2) is 0 Å². The normalized spacial score (nSPS) is 18.9. The van der Waals surface area contributed by atoms with E-state index in [9.17, 15) is 14.4 Å². The Morgan fingerprint density at radius 3 is 2.41 bits per heavy atom. The molecule has 10 nitrogen and oxygen atoms in total. The number of methoxy groups -OCH3 is 1. The summed E-state index contributed by atoms with van der Waals surface area (Å²) in [6, 6.07) is 3.36. The summed E-state index contributed by atoms with van der Waals surface area (Å²) in [7, 11) is 1.54. The number of pyridine rings is 1. The van der Waals surface area contributed by atoms with Gasteiger partial charge < -0.3 is 30.2 Å². The number of carbonyl (C=O) groups excluding carboxylic acids is 3. The second-order valence-corrected chi connectivity index (χ2v) is 11.6. The van der Waals surface area contributed by atoms with Crippen LogP contribution in [0.4, 0.5) is 4.79 Å². The number of nitrogens with two attached hydrogens (primary N) is 1. The summed E-state index contributed by atoms with van der Waals surface area (Å²) in [6.07, 6.45) is 0.399. The smallest absolute Gasteiger partial charge is 0.408 e. The van der Waals surface area contributed by atoms with Gasteiger partial charge in [-0.1, -0.05) is 32.4 Å². The molecule has 3 amide bonds. The van der Waals surface area contributed by atoms with Gasteiger partial charge in [-0.25, -0.2) is 9.78 Å². The van der Waals surface area contributed by atoms with E-state index in [2.05, 4.69) is 10.3 Å². The molecule has 1 aliphatic heterocycles. The molecule has 1 aliphatic rings. The molecule has 202 valence electrons. The Balaban J connectivity index is 1.87. The number of nitrogens with one attached hydrogen (secondary N) is 1. The van der Waals surface area contributed by atoms with Crippen molar-refractivity contribution < 1.29 is 28.6 Å². The summed E-state index contributed by atoms with van der Waals surface area (Å²) in [5, 5.41) is 4.55. The molecule has 0 spiro atoms. The first kappa shape index (κ1) is 28.3. The highest BCUT2D eigenvalue weighted by Gasteiger charge is 2.45. The van der Waals surface area contributed by atoms with Crippen LogP contribution in [0.5, 0.6) is 11.6 Å². The molecule has 0 saturated carbocycles. The topological polar surface area (TPSA) is 133 Å². The average molecular weight is 535 g/mol. The molecule has 0 aliphatic carbocycles. The number of likely N-dealkylation sites (tertiary alicyclic amines) is 1. The number of alkyl carbamates (subject to hydrolysis) is 1. The number of nitrogens with zero attached hydrogens (tertiary/aromatic N) is 2. The van der Waals surface area contributed by atoms with E-state index in [1.54, 1.807) is 46.1 Å². The van der Waals surface area contributed by atoms with Gasteiger partial charge in [0.2, 0.25) is 17.7 Å². The number of primary amides is 1. The Labute approximate surface area is 221 Å². The number of rotatable bonds is 6. The number of ether oxygens (including phenoxy) is 3. The van der Waals surface area contributed by atoms with Crippen molar-refractivity contribution in [2.24, 2.45) is 11.1 Å². The summed E-state index contributed by atoms with van der Waals surface area (Å²) in [5.41, 5.74) is 4.25. The van der Waals surface area contributed by atoms with Crippen molar-refractivity contribution >= 4 is 40.3 Å². The number of hydrogen-bond acceptors (Lipinski definition) is 7. The Hall–Kier alpha value is -3.27. The molecule has 11 heteroatoms. The zero-order chi connectivity index (χ0) is 27.7. The van der Waals surface area contributed by atoms with Gasteiger partial charge in [0.1, 0.15) is 29.5 Å². The van der Waals surface area contributed by atoms with Crippen LogP contribution in [-0.2, 0) is 14.3 Å². The van der Waals surface area contributed by atoms with Crippen LogP contribution in [0.15, 0.2) is 24.4 Å². The van der Waals surface area contributed by atoms with Crippen LogP contribution in [0, 0.1) is 5.41 Å². The standard InChI is InChI=1S/C26H35ClN4O6/c1-25(2,3)20(30-24(34)37-26(4,5)6)23(33)31-13-15(11-18(31)21(28)32)36-22-17-10-14(27)8-9-16(17)19(35-7)12-29-22/h8-10,12,15,18,20H,11,13H2,1-7H3,(H2,28,32)(H,30,34)/t15-,18+,20-/m1/s1. The summed E-state index contributed by atoms with van der Waals surface area (Å²) in [6.45, 7) is 10.7. The molecular formula is C26H35ClN4O6. The van der Waals surface area contributed by atoms with Crippen LogP contribution in [-0.4, -0.2) is 65.2 Å². The lowest BCUT2D eigenvalue weighted by atomic mass is 9.85. The van der Waals surface area contributed by atoms with E-state index in [1.807, 2.05) is 20.8 Å². The third-order valence-electron chi connectivity index (χ3n) is 5.92. The zero-order valence-corrected chi connectivity index (χ0v) is 23.0. The predicted octanol–water partition coefficient (Wildman–Crippen LogP) is 3.67. The van der Waals surface area contributed by atoms with Crippen LogP contribution < -0.4 is 20.5 Å². The lowest BCUT2D eigenvalue weighted by Gasteiger charge is -2.35. The van der Waals surface area contributed by atoms with Crippen molar-refractivity contribution in [2.45, 2.75) is 71.8 Å². The fourth-order valence-corrected chi connectivity index (χ4v) is 4.39. The molecule has 0 bridgehead atoms. The minimum absolute atomic E-state index is 0.0742. The third-order valence-corrected chi connectivity index (χ3v) is 6.16. The summed E-state index contributed by atoms with van der Waals surface area (Å²) in [4.78, 5) is 44.3. The summed E-state index contributed by atoms with van der Waals surface area (Å²) >= 11 is 6.21. The molecule has 37 heavy (non-hydrogen) atoms. The largest absolute Gasteiger partial charge is 0.494 e. The van der Waals surface area contributed by atoms with E-state index in [0.29, 0.717) is 22.0 Å². The van der Waals surface area contributed by atoms with E-state index in [0.717, 1.165) is 5.39 Å². The van der Waals surface area contributed by atoms with Gasteiger partial charge in [-0.2, -0.15) is 0 Å². The number of hydrogen-bond donors (Lipinski definition) is 2. The molecule has 2 aromatic rings. The highest BCUT2D eigenvalue weighted by atomic mass is 35.5. The molecule has 1 aromatic heterocycles. The van der Waals surface area contributed by atoms with Crippen LogP contribution in [0.2, 0.25) is 5.02 Å². The monoisotopic (exact) mass is 534 g/mol. The van der Waals surface area contributed by atoms with Crippen molar-refractivity contribution in [2.75, 3.05) is 13.7 Å². The minimum atomic E-state index is -0.971. The summed E-state index contributed by atoms with van der Waals surface area (Å²) in [5.74, 6) is -0.276. The number of aromatic nitrogens is 1. The van der Waals surface area contributed by atoms with Crippen LogP contribution in [0.1, 0.15) is 48.0 Å². The quantitative estimate of drug-likeness (QED) is 0.577. The third kappa shape index (κ3) is 6.74. The van der Waals surface area contributed by atoms with E-state index in [-0.39, 0.29) is 13.0 Å². The number of carbonyl (C=O) groups is 3. The number of benzene rings is 1. The Morgan fingerprint density at radius 2 is 1.84 bits per heavy atom. The molecule has 2 heterocycles. The van der Waals surface area contributed by atoms with Gasteiger partial charge in [0, 0.05) is 22.2 Å². The lowest BCUT2D eigenvalue weighted by molar-refractivity contribution is -0.141. The molecule has 1 aromatic carbocycles. The first-order valence-corrected chi connectivity index (χ1v) is 12.4. The maximum Gasteiger partial charge on any atom is 0.408 e. The van der Waals surface area contributed by atoms with Crippen LogP contribution in [0.3, 0.4) is 0 Å². The molecule has 3 rings (SSSR count). The van der Waals surface area contributed by atoms with Crippen molar-refractivity contribution in [3.05, 3.63) is 29.4 Å². The van der Waals surface area contributed by atoms with Crippen molar-refractivity contribution in [1.29, 1.82) is 0 Å². The zero-order valence-electron chi connectivity index (χ0n) is 22.3. The highest BCUT2D eigenvalue weighted by Crippen LogP contribution is 2.35. The highest BCUT2D eigenvalue weighted by molar-refractivity contribution is 6.31. The Morgan fingerprint density at radius 1 is 1.16 bits per heavy atom. The average Bonchev–Trinajstić information content (AvgIpc) is 3.19. The van der Waals surface area contributed by atoms with E-state index < -0.39 is 47.1 Å². The first-order valence-electron chi connectivity index (χ1n) is 12.0. The molecule has 3 atom stereocenters. The fourth-order valence-electron chi connectivity index (χ4n) is 4.22. The molecule has 1 fully saturated rings. The number of halogens is 1. The Kier molecular flexibility index (Phi) is 8.12. The summed E-state index contributed by atoms with van der Waals surface area (Å²) < 4.78 is 16.9. The number of fused-ring (bicyclic) bond motifs is 1. The Bertz CT molecular complexity index is 1190. The van der Waals surface area contributed by atoms with Crippen molar-refractivity contribution in [3.8, 4) is 11.6 Å². The van der Waals surface area contributed by atoms with Gasteiger partial charge in [-0.05, 0) is 44.4 Å². The molecule has 0 radical (unpaired) electrons. The minimum Gasteiger partial charge on any atom is -0.494 e. The second kappa shape index (κ2) is 10.6. The van der Waals surface area contributed by atoms with Gasteiger partial charge in [-0.15, -0.1) is 0 Å². The lowest BCUT2D eigenvalue weighted by Crippen LogP contribution is -2.58. The second-order valence-electron chi connectivity index (χ2n) is 11.2. The van der Waals surface area contributed by atoms with Gasteiger partial charge >= 0.3 is 6.09 Å². The molecule has 0 unspecified atom stereocenters. The predicted molar refractivity (Wildman–Crippen MR) is 140 cm³/mol. The maximum atomic E-state index is 13.7. The molecule has 3 N–H and O–H groups in total. The van der Waals surface area contributed by atoms with Crippen LogP contribution >= 0.6 is 11.6 Å². The first-order chi connectivity index (χ1) is 17.1. The maximum absolute atomic E-state index is 13.7. The van der Waals surface area contributed by atoms with E-state index in [1.165, 1.54) is 11.1 Å². The van der Waals surface area contributed by atoms with E-state index in [4.69, 9.17) is 31.5 Å². The van der Waals surface area contributed by atoms with Gasteiger partial charge in [0.25, 0.3) is 0 Å². The van der Waals surface area contributed by atoms with Crippen molar-refractivity contribution in [3.63, 3.8) is 0 Å². The van der Waals surface area contributed by atoms with Crippen LogP contribution in [0.25, 0.3) is 10.8 Å². The van der Waals surface area contributed by atoms with Gasteiger partial charge in [0.05, 0.1) is 19.9 Å². The van der Waals surface area contributed by atoms with Gasteiger partial charge in [-0.3, -0.25) is 9.59 Å². The van der Waals surface area contributed by atoms with E-state index >= 15 is 0 Å². The fraction of sp³-hybridized carbons (Fsp3) is 0.538. The number of amides is 3. The van der Waals surface area contributed by atoms with Crippen molar-refractivity contribution in [1.82, 2.24) is 15.2 Å². The SMILES string of the molecule is COc1cnc(O[C@@H]2C[C@@H](C(N)=O)N(C(=O)[C@@H](NC(=O)OC(C)(C)C)C(C)(C)C)C2)c2cc(Cl)ccc12. The molecule has 1 saturated heterocycles. The molecular weight excluding hydrogens is 500 g/mol.